The summed E-state index contributed by atoms with van der Waals surface area (Å²) in [7, 11) is 0. The molecule has 1 aromatic rings. The van der Waals surface area contributed by atoms with Crippen LogP contribution in [0.2, 0.25) is 0 Å². The van der Waals surface area contributed by atoms with Gasteiger partial charge in [-0.05, 0) is 30.9 Å². The predicted octanol–water partition coefficient (Wildman–Crippen LogP) is 3.68. The minimum Gasteiger partial charge on any atom is -0.331 e. The standard InChI is InChI=1S/C22H25ClF3N3O3/c23-21(32-22(24,25)26)14-16(9-10-17(21)15-6-2-1-3-7-15)28-20(31)18-8-4-5-13-29(18)19(30)11-12-27/h1-3,6-7,9-10,18H,4-5,8,11-14,27H2,(H,28,31)/t18-,21?/m1/s1. The number of rotatable bonds is 6. The van der Waals surface area contributed by atoms with Gasteiger partial charge >= 0.3 is 6.36 Å². The van der Waals surface area contributed by atoms with E-state index in [-0.39, 0.29) is 30.1 Å². The molecule has 1 unspecified atom stereocenters. The lowest BCUT2D eigenvalue weighted by molar-refractivity contribution is -0.342. The number of likely N-dealkylation sites (tertiary alicyclic amines) is 1. The average molecular weight is 472 g/mol. The van der Waals surface area contributed by atoms with Crippen LogP contribution in [0.5, 0.6) is 0 Å². The molecule has 0 bridgehead atoms. The Kier molecular flexibility index (Phi) is 7.63. The maximum absolute atomic E-state index is 13.2. The van der Waals surface area contributed by atoms with E-state index in [1.807, 2.05) is 0 Å². The monoisotopic (exact) mass is 471 g/mol. The molecule has 10 heteroatoms. The van der Waals surface area contributed by atoms with E-state index >= 15 is 0 Å². The van der Waals surface area contributed by atoms with Crippen molar-refractivity contribution in [3.8, 4) is 0 Å². The molecule has 2 aliphatic rings. The molecular formula is C22H25ClF3N3O3. The molecule has 174 valence electrons. The van der Waals surface area contributed by atoms with Crippen molar-refractivity contribution in [2.75, 3.05) is 13.1 Å². The van der Waals surface area contributed by atoms with Crippen LogP contribution in [0.25, 0.3) is 5.57 Å². The minimum absolute atomic E-state index is 0.125. The highest BCUT2D eigenvalue weighted by Crippen LogP contribution is 2.45. The first-order valence-corrected chi connectivity index (χ1v) is 10.7. The van der Waals surface area contributed by atoms with Crippen molar-refractivity contribution in [2.45, 2.75) is 49.6 Å². The molecule has 1 aromatic carbocycles. The summed E-state index contributed by atoms with van der Waals surface area (Å²) in [6.45, 7) is 0.607. The zero-order valence-corrected chi connectivity index (χ0v) is 18.1. The van der Waals surface area contributed by atoms with Crippen LogP contribution in [-0.2, 0) is 14.3 Å². The quantitative estimate of drug-likeness (QED) is 0.620. The van der Waals surface area contributed by atoms with Crippen molar-refractivity contribution in [3.05, 3.63) is 53.7 Å². The summed E-state index contributed by atoms with van der Waals surface area (Å²) in [5, 5.41) is 0.398. The number of carbonyl (C=O) groups is 2. The fraction of sp³-hybridized carbons (Fsp3) is 0.455. The summed E-state index contributed by atoms with van der Waals surface area (Å²) in [6, 6.07) is 7.63. The number of hydrogen-bond acceptors (Lipinski definition) is 4. The third-order valence-corrected chi connectivity index (χ3v) is 5.82. The van der Waals surface area contributed by atoms with Gasteiger partial charge in [0.15, 0.2) is 5.06 Å². The molecule has 1 fully saturated rings. The predicted molar refractivity (Wildman–Crippen MR) is 114 cm³/mol. The van der Waals surface area contributed by atoms with Gasteiger partial charge in [-0.25, -0.2) is 0 Å². The van der Waals surface area contributed by atoms with Crippen LogP contribution in [0.4, 0.5) is 13.2 Å². The first kappa shape index (κ1) is 24.3. The van der Waals surface area contributed by atoms with Crippen molar-refractivity contribution in [2.24, 2.45) is 5.73 Å². The number of piperidine rings is 1. The molecule has 1 aliphatic carbocycles. The summed E-state index contributed by atoms with van der Waals surface area (Å²) in [6.07, 6.45) is -0.360. The van der Waals surface area contributed by atoms with E-state index in [1.165, 1.54) is 17.1 Å². The minimum atomic E-state index is -4.99. The number of carbonyl (C=O) groups excluding carboxylic acids is 2. The van der Waals surface area contributed by atoms with Crippen molar-refractivity contribution < 1.29 is 27.5 Å². The summed E-state index contributed by atoms with van der Waals surface area (Å²) in [5.74, 6) is -0.688. The number of amides is 2. The first-order chi connectivity index (χ1) is 15.1. The number of alkyl halides is 4. The normalized spacial score (nSPS) is 23.9. The summed E-state index contributed by atoms with van der Waals surface area (Å²) < 4.78 is 43.8. The van der Waals surface area contributed by atoms with Gasteiger partial charge in [0.25, 0.3) is 0 Å². The fourth-order valence-corrected chi connectivity index (χ4v) is 4.41. The number of hydrogen-bond donors (Lipinski definition) is 2. The molecule has 0 spiro atoms. The number of benzene rings is 1. The van der Waals surface area contributed by atoms with Gasteiger partial charge < -0.3 is 16.0 Å². The third-order valence-electron chi connectivity index (χ3n) is 5.40. The molecule has 3 N–H and O–H groups in total. The molecule has 0 radical (unpaired) electrons. The second-order valence-electron chi connectivity index (χ2n) is 7.72. The highest BCUT2D eigenvalue weighted by molar-refractivity contribution is 6.29. The largest absolute Gasteiger partial charge is 0.524 e. The smallest absolute Gasteiger partial charge is 0.331 e. The molecule has 0 aromatic heterocycles. The Bertz CT molecular complexity index is 905. The number of nitrogens with two attached hydrogens (primary N) is 1. The topological polar surface area (TPSA) is 84.7 Å². The molecule has 1 saturated heterocycles. The van der Waals surface area contributed by atoms with Gasteiger partial charge in [0, 0.05) is 37.2 Å². The van der Waals surface area contributed by atoms with E-state index in [2.05, 4.69) is 10.1 Å². The molecule has 2 amide bonds. The highest BCUT2D eigenvalue weighted by Gasteiger charge is 2.47. The lowest BCUT2D eigenvalue weighted by Gasteiger charge is -2.37. The van der Waals surface area contributed by atoms with E-state index in [0.717, 1.165) is 12.8 Å². The highest BCUT2D eigenvalue weighted by atomic mass is 35.5. The van der Waals surface area contributed by atoms with Crippen molar-refractivity contribution in [3.63, 3.8) is 0 Å². The Hall–Kier alpha value is -2.36. The fourth-order valence-electron chi connectivity index (χ4n) is 4.01. The van der Waals surface area contributed by atoms with E-state index in [1.54, 1.807) is 30.3 Å². The Morgan fingerprint density at radius 1 is 1.22 bits per heavy atom. The molecule has 1 aliphatic heterocycles. The summed E-state index contributed by atoms with van der Waals surface area (Å²) in [4.78, 5) is 26.8. The molecule has 3 rings (SSSR count). The van der Waals surface area contributed by atoms with E-state index in [0.29, 0.717) is 18.5 Å². The van der Waals surface area contributed by atoms with Gasteiger partial charge in [0.05, 0.1) is 0 Å². The van der Waals surface area contributed by atoms with Crippen molar-refractivity contribution in [1.29, 1.82) is 0 Å². The molecule has 32 heavy (non-hydrogen) atoms. The number of allylic oxidation sites excluding steroid dienone is 2. The van der Waals surface area contributed by atoms with Crippen LogP contribution in [-0.4, -0.2) is 47.3 Å². The Labute approximate surface area is 189 Å². The van der Waals surface area contributed by atoms with Gasteiger partial charge in [-0.1, -0.05) is 48.0 Å². The van der Waals surface area contributed by atoms with E-state index < -0.39 is 29.8 Å². The Morgan fingerprint density at radius 3 is 2.59 bits per heavy atom. The zero-order valence-electron chi connectivity index (χ0n) is 17.3. The lowest BCUT2D eigenvalue weighted by atomic mass is 9.92. The van der Waals surface area contributed by atoms with Gasteiger partial charge in [0.1, 0.15) is 6.04 Å². The third kappa shape index (κ3) is 5.90. The summed E-state index contributed by atoms with van der Waals surface area (Å²) in [5.41, 5.74) is 6.24. The van der Waals surface area contributed by atoms with Crippen molar-refractivity contribution in [1.82, 2.24) is 10.2 Å². The maximum Gasteiger partial charge on any atom is 0.524 e. The van der Waals surface area contributed by atoms with E-state index in [4.69, 9.17) is 17.3 Å². The van der Waals surface area contributed by atoms with Crippen LogP contribution in [0, 0.1) is 0 Å². The van der Waals surface area contributed by atoms with Crippen molar-refractivity contribution >= 4 is 29.0 Å². The molecule has 6 nitrogen and oxygen atoms in total. The van der Waals surface area contributed by atoms with Gasteiger partial charge in [-0.3, -0.25) is 14.3 Å². The molecular weight excluding hydrogens is 447 g/mol. The number of nitrogens with one attached hydrogen (secondary N) is 1. The van der Waals surface area contributed by atoms with Crippen LogP contribution in [0.15, 0.2) is 48.2 Å². The SMILES string of the molecule is NCCC(=O)N1CCCC[C@@H]1C(=O)NC1=CC=C(c2ccccc2)C(Cl)(OC(F)(F)F)C1. The molecule has 0 saturated carbocycles. The first-order valence-electron chi connectivity index (χ1n) is 10.4. The van der Waals surface area contributed by atoms with Crippen LogP contribution in [0.3, 0.4) is 0 Å². The second-order valence-corrected chi connectivity index (χ2v) is 8.33. The van der Waals surface area contributed by atoms with Crippen LogP contribution in [0.1, 0.15) is 37.7 Å². The van der Waals surface area contributed by atoms with Gasteiger partial charge in [-0.2, -0.15) is 0 Å². The second kappa shape index (κ2) is 10.1. The Balaban J connectivity index is 1.83. The van der Waals surface area contributed by atoms with Gasteiger partial charge in [-0.15, -0.1) is 13.2 Å². The molecule has 1 heterocycles. The lowest BCUT2D eigenvalue weighted by Crippen LogP contribution is -2.52. The number of ether oxygens (including phenoxy) is 1. The van der Waals surface area contributed by atoms with Gasteiger partial charge in [0.2, 0.25) is 11.8 Å². The number of halogens is 4. The number of nitrogens with zero attached hydrogens (tertiary/aromatic N) is 1. The zero-order chi connectivity index (χ0) is 23.4. The average Bonchev–Trinajstić information content (AvgIpc) is 2.73. The Morgan fingerprint density at radius 2 is 1.94 bits per heavy atom. The summed E-state index contributed by atoms with van der Waals surface area (Å²) >= 11 is 6.36. The molecule has 2 atom stereocenters. The van der Waals surface area contributed by atoms with Crippen LogP contribution >= 0.6 is 11.6 Å². The maximum atomic E-state index is 13.2. The van der Waals surface area contributed by atoms with Crippen LogP contribution < -0.4 is 11.1 Å². The van der Waals surface area contributed by atoms with E-state index in [9.17, 15) is 22.8 Å².